The number of nitrogens with zero attached hydrogens (tertiary/aromatic N) is 7. The first-order valence-electron chi connectivity index (χ1n) is 17.4. The van der Waals surface area contributed by atoms with Crippen LogP contribution in [0, 0.1) is 0 Å². The normalized spacial score (nSPS) is 27.3. The van der Waals surface area contributed by atoms with Gasteiger partial charge in [0.2, 0.25) is 0 Å². The molecular formula is C37H43N7O3. The van der Waals surface area contributed by atoms with E-state index in [4.69, 9.17) is 14.7 Å². The van der Waals surface area contributed by atoms with E-state index >= 15 is 0 Å². The number of carbonyl (C=O) groups is 1. The summed E-state index contributed by atoms with van der Waals surface area (Å²) in [7, 11) is 2.16. The van der Waals surface area contributed by atoms with Crippen LogP contribution in [0.5, 0.6) is 11.8 Å². The Hall–Kier alpha value is -4.15. The Labute approximate surface area is 275 Å². The minimum Gasteiger partial charge on any atom is -0.508 e. The third kappa shape index (κ3) is 5.13. The van der Waals surface area contributed by atoms with Gasteiger partial charge in [0.05, 0.1) is 12.2 Å². The number of fused-ring (bicyclic) bond motifs is 7. The summed E-state index contributed by atoms with van der Waals surface area (Å²) in [6.07, 6.45) is 6.54. The van der Waals surface area contributed by atoms with Gasteiger partial charge in [-0.15, -0.1) is 0 Å². The van der Waals surface area contributed by atoms with Gasteiger partial charge in [0.25, 0.3) is 0 Å². The smallest absolute Gasteiger partial charge is 0.321 e. The largest absolute Gasteiger partial charge is 0.508 e. The van der Waals surface area contributed by atoms with Gasteiger partial charge in [0.1, 0.15) is 18.2 Å². The van der Waals surface area contributed by atoms with Gasteiger partial charge in [-0.2, -0.15) is 9.97 Å². The molecule has 0 saturated carbocycles. The van der Waals surface area contributed by atoms with Crippen LogP contribution in [0.4, 0.5) is 10.6 Å². The van der Waals surface area contributed by atoms with Crippen LogP contribution < -0.4 is 9.64 Å². The van der Waals surface area contributed by atoms with Gasteiger partial charge in [-0.05, 0) is 98.3 Å². The van der Waals surface area contributed by atoms with Gasteiger partial charge >= 0.3 is 12.0 Å². The number of piperidine rings is 1. The number of aromatic nitrogens is 2. The number of rotatable bonds is 5. The molecule has 10 heteroatoms. The van der Waals surface area contributed by atoms with Gasteiger partial charge in [-0.3, -0.25) is 4.90 Å². The monoisotopic (exact) mass is 633 g/mol. The van der Waals surface area contributed by atoms with Crippen LogP contribution >= 0.6 is 0 Å². The van der Waals surface area contributed by atoms with Crippen molar-refractivity contribution in [1.82, 2.24) is 29.6 Å². The maximum Gasteiger partial charge on any atom is 0.321 e. The molecule has 1 aromatic heterocycles. The minimum atomic E-state index is 0.196. The van der Waals surface area contributed by atoms with E-state index in [0.29, 0.717) is 37.8 Å². The summed E-state index contributed by atoms with van der Waals surface area (Å²) < 4.78 is 6.39. The number of phenolic OH excluding ortho intramolecular Hbond substituents is 1. The van der Waals surface area contributed by atoms with Crippen LogP contribution in [0.15, 0.2) is 54.6 Å². The molecule has 3 aromatic carbocycles. The van der Waals surface area contributed by atoms with E-state index in [9.17, 15) is 9.90 Å². The number of carbonyl (C=O) groups excluding carboxylic acids is 1. The number of phenols is 1. The molecule has 3 atom stereocenters. The third-order valence-corrected chi connectivity index (χ3v) is 11.5. The Kier molecular flexibility index (Phi) is 7.12. The van der Waals surface area contributed by atoms with Crippen molar-refractivity contribution < 1.29 is 14.6 Å². The second kappa shape index (κ2) is 11.5. The average molecular weight is 634 g/mol. The van der Waals surface area contributed by atoms with E-state index in [2.05, 4.69) is 55.8 Å². The van der Waals surface area contributed by atoms with Crippen LogP contribution in [0.2, 0.25) is 0 Å². The summed E-state index contributed by atoms with van der Waals surface area (Å²) in [4.78, 5) is 35.4. The lowest BCUT2D eigenvalue weighted by Gasteiger charge is -2.50. The highest BCUT2D eigenvalue weighted by molar-refractivity contribution is 6.01. The molecule has 7 heterocycles. The molecule has 0 radical (unpaired) electrons. The quantitative estimate of drug-likeness (QED) is 0.324. The zero-order chi connectivity index (χ0) is 31.6. The third-order valence-electron chi connectivity index (χ3n) is 11.5. The van der Waals surface area contributed by atoms with Gasteiger partial charge in [-0.1, -0.05) is 30.3 Å². The number of likely N-dealkylation sites (tertiary alicyclic amines) is 2. The van der Waals surface area contributed by atoms with Crippen molar-refractivity contribution in [3.63, 3.8) is 0 Å². The molecule has 244 valence electrons. The number of amides is 2. The van der Waals surface area contributed by atoms with E-state index in [1.54, 1.807) is 6.07 Å². The molecule has 10 rings (SSSR count). The molecular weight excluding hydrogens is 590 g/mol. The number of likely N-dealkylation sites (N-methyl/N-ethyl adjacent to an activating group) is 1. The predicted molar refractivity (Wildman–Crippen MR) is 183 cm³/mol. The SMILES string of the molecule is CN1CCC[C@H]1COc1nc(N2C3CCC2CN(C(=O)N2CN4CCC2CC4)C3)c2ccc(-c3cc(O)cc4ccccc34)cc2n1. The van der Waals surface area contributed by atoms with Crippen molar-refractivity contribution >= 4 is 33.5 Å². The maximum absolute atomic E-state index is 13.8. The fourth-order valence-corrected chi connectivity index (χ4v) is 8.92. The average Bonchev–Trinajstić information content (AvgIpc) is 3.63. The number of anilines is 1. The molecule has 6 fully saturated rings. The fourth-order valence-electron chi connectivity index (χ4n) is 8.92. The van der Waals surface area contributed by atoms with Gasteiger partial charge in [0, 0.05) is 55.7 Å². The van der Waals surface area contributed by atoms with E-state index in [1.165, 1.54) is 6.42 Å². The summed E-state index contributed by atoms with van der Waals surface area (Å²) in [5.74, 6) is 1.14. The van der Waals surface area contributed by atoms with Crippen LogP contribution in [-0.4, -0.2) is 118 Å². The lowest BCUT2D eigenvalue weighted by atomic mass is 9.97. The van der Waals surface area contributed by atoms with Gasteiger partial charge < -0.3 is 29.4 Å². The molecule has 0 aliphatic carbocycles. The number of ether oxygens (including phenoxy) is 1. The molecule has 6 saturated heterocycles. The van der Waals surface area contributed by atoms with Crippen molar-refractivity contribution in [3.05, 3.63) is 54.6 Å². The highest BCUT2D eigenvalue weighted by Gasteiger charge is 2.45. The Balaban J connectivity index is 1.07. The van der Waals surface area contributed by atoms with E-state index < -0.39 is 0 Å². The molecule has 6 aliphatic rings. The first kappa shape index (κ1) is 29.0. The number of aromatic hydroxyl groups is 1. The molecule has 2 amide bonds. The molecule has 1 N–H and O–H groups in total. The number of urea groups is 1. The van der Waals surface area contributed by atoms with Crippen molar-refractivity contribution in [2.75, 3.05) is 57.9 Å². The molecule has 6 aliphatic heterocycles. The van der Waals surface area contributed by atoms with E-state index in [-0.39, 0.29) is 23.9 Å². The number of hydrogen-bond donors (Lipinski definition) is 1. The molecule has 4 bridgehead atoms. The second-order valence-electron chi connectivity index (χ2n) is 14.3. The molecule has 0 spiro atoms. The van der Waals surface area contributed by atoms with Crippen LogP contribution in [-0.2, 0) is 0 Å². The topological polar surface area (TPSA) is 88.5 Å². The summed E-state index contributed by atoms with van der Waals surface area (Å²) in [5.41, 5.74) is 2.78. The van der Waals surface area contributed by atoms with Crippen LogP contribution in [0.25, 0.3) is 32.8 Å². The minimum absolute atomic E-state index is 0.196. The van der Waals surface area contributed by atoms with Crippen molar-refractivity contribution in [2.24, 2.45) is 0 Å². The summed E-state index contributed by atoms with van der Waals surface area (Å²) >= 11 is 0. The zero-order valence-electron chi connectivity index (χ0n) is 27.1. The zero-order valence-corrected chi connectivity index (χ0v) is 27.1. The Bertz CT molecular complexity index is 1830. The Morgan fingerprint density at radius 3 is 2.45 bits per heavy atom. The first-order chi connectivity index (χ1) is 23.0. The first-order valence-corrected chi connectivity index (χ1v) is 17.4. The molecule has 2 unspecified atom stereocenters. The second-order valence-corrected chi connectivity index (χ2v) is 14.3. The lowest BCUT2D eigenvalue weighted by molar-refractivity contribution is 0.000310. The number of piperazine rings is 1. The predicted octanol–water partition coefficient (Wildman–Crippen LogP) is 5.14. The molecule has 10 nitrogen and oxygen atoms in total. The summed E-state index contributed by atoms with van der Waals surface area (Å²) in [6, 6.07) is 19.9. The van der Waals surface area contributed by atoms with E-state index in [0.717, 1.165) is 97.0 Å². The standard InChI is InChI=1S/C37H43N7O3/c1-40-14-4-6-29(40)22-47-36-38-34-18-25(33-19-30(45)17-24-5-2-3-7-31(24)33)8-11-32(34)35(39-36)44-27-9-10-28(44)21-42(20-27)37(46)43-23-41-15-12-26(43)13-16-41/h2-3,5,7-8,11,17-19,26-29,45H,4,6,9-10,12-16,20-23H2,1H3/t27?,28?,29-/m0/s1. The fraction of sp³-hybridized carbons (Fsp3) is 0.486. The van der Waals surface area contributed by atoms with E-state index in [1.807, 2.05) is 24.3 Å². The number of benzene rings is 3. The van der Waals surface area contributed by atoms with Crippen molar-refractivity contribution in [2.45, 2.75) is 62.7 Å². The number of hydrogen-bond acceptors (Lipinski definition) is 8. The van der Waals surface area contributed by atoms with Gasteiger partial charge in [-0.25, -0.2) is 4.79 Å². The Morgan fingerprint density at radius 2 is 1.70 bits per heavy atom. The van der Waals surface area contributed by atoms with Crippen LogP contribution in [0.1, 0.15) is 38.5 Å². The lowest BCUT2D eigenvalue weighted by Crippen LogP contribution is -2.64. The maximum atomic E-state index is 13.8. The molecule has 4 aromatic rings. The molecule has 47 heavy (non-hydrogen) atoms. The van der Waals surface area contributed by atoms with Crippen LogP contribution in [0.3, 0.4) is 0 Å². The highest BCUT2D eigenvalue weighted by atomic mass is 16.5. The van der Waals surface area contributed by atoms with Gasteiger partial charge in [0.15, 0.2) is 0 Å². The summed E-state index contributed by atoms with van der Waals surface area (Å²) in [5, 5.41) is 13.7. The highest BCUT2D eigenvalue weighted by Crippen LogP contribution is 2.41. The summed E-state index contributed by atoms with van der Waals surface area (Å²) in [6.45, 7) is 6.05. The Morgan fingerprint density at radius 1 is 0.894 bits per heavy atom. The van der Waals surface area contributed by atoms with Crippen molar-refractivity contribution in [1.29, 1.82) is 0 Å². The van der Waals surface area contributed by atoms with Crippen molar-refractivity contribution in [3.8, 4) is 22.9 Å².